The van der Waals surface area contributed by atoms with Crippen molar-refractivity contribution in [3.8, 4) is 0 Å². The molecular formula is C15H24ClNS. The van der Waals surface area contributed by atoms with Crippen molar-refractivity contribution in [3.63, 3.8) is 0 Å². The lowest BCUT2D eigenvalue weighted by Gasteiger charge is -2.23. The summed E-state index contributed by atoms with van der Waals surface area (Å²) in [5.41, 5.74) is 7.51. The second-order valence-corrected chi connectivity index (χ2v) is 6.31. The van der Waals surface area contributed by atoms with Crippen LogP contribution in [0.5, 0.6) is 0 Å². The van der Waals surface area contributed by atoms with Gasteiger partial charge in [-0.3, -0.25) is 0 Å². The fourth-order valence-electron chi connectivity index (χ4n) is 1.93. The zero-order valence-corrected chi connectivity index (χ0v) is 12.9. The molecule has 0 heterocycles. The molecule has 2 atom stereocenters. The molecule has 0 fully saturated rings. The molecule has 1 nitrogen and oxygen atoms in total. The maximum Gasteiger partial charge on any atom is 0.0448 e. The Kier molecular flexibility index (Phi) is 7.80. The van der Waals surface area contributed by atoms with Crippen LogP contribution in [0.4, 0.5) is 0 Å². The van der Waals surface area contributed by atoms with Gasteiger partial charge in [0.05, 0.1) is 0 Å². The van der Waals surface area contributed by atoms with Gasteiger partial charge in [-0.1, -0.05) is 50.4 Å². The number of benzene rings is 1. The van der Waals surface area contributed by atoms with E-state index in [1.165, 1.54) is 30.6 Å². The molecule has 0 amide bonds. The summed E-state index contributed by atoms with van der Waals surface area (Å²) >= 11 is 8.04. The monoisotopic (exact) mass is 285 g/mol. The highest BCUT2D eigenvalue weighted by molar-refractivity contribution is 7.99. The van der Waals surface area contributed by atoms with Gasteiger partial charge in [0.2, 0.25) is 0 Å². The minimum absolute atomic E-state index is 0.204. The van der Waals surface area contributed by atoms with Crippen molar-refractivity contribution in [1.82, 2.24) is 0 Å². The Hall–Kier alpha value is -0.180. The van der Waals surface area contributed by atoms with Gasteiger partial charge in [-0.25, -0.2) is 0 Å². The summed E-state index contributed by atoms with van der Waals surface area (Å²) in [5, 5.41) is 1.17. The fourth-order valence-corrected chi connectivity index (χ4v) is 3.53. The van der Waals surface area contributed by atoms with Gasteiger partial charge in [-0.05, 0) is 36.3 Å². The van der Waals surface area contributed by atoms with Crippen LogP contribution >= 0.6 is 23.4 Å². The molecule has 1 aromatic carbocycles. The third kappa shape index (κ3) is 5.21. The van der Waals surface area contributed by atoms with Crippen LogP contribution in [-0.2, 0) is 0 Å². The predicted molar refractivity (Wildman–Crippen MR) is 84.4 cm³/mol. The standard InChI is InChI=1S/C15H24ClNS/c1-3-5-6-10-18-15(14(17)4-2)12-8-7-9-13(16)11-12/h7-9,11,14-15H,3-6,10,17H2,1-2H3. The summed E-state index contributed by atoms with van der Waals surface area (Å²) in [6.45, 7) is 4.38. The van der Waals surface area contributed by atoms with Crippen LogP contribution in [0.25, 0.3) is 0 Å². The molecule has 0 aromatic heterocycles. The largest absolute Gasteiger partial charge is 0.326 e. The number of rotatable bonds is 8. The van der Waals surface area contributed by atoms with Crippen molar-refractivity contribution in [1.29, 1.82) is 0 Å². The summed E-state index contributed by atoms with van der Waals surface area (Å²) in [5.74, 6) is 1.18. The highest BCUT2D eigenvalue weighted by Gasteiger charge is 2.18. The maximum absolute atomic E-state index is 6.25. The van der Waals surface area contributed by atoms with Crippen LogP contribution in [0.2, 0.25) is 5.02 Å². The van der Waals surface area contributed by atoms with Gasteiger partial charge in [0.1, 0.15) is 0 Å². The molecule has 0 aliphatic rings. The van der Waals surface area contributed by atoms with E-state index in [9.17, 15) is 0 Å². The van der Waals surface area contributed by atoms with Crippen LogP contribution < -0.4 is 5.73 Å². The Morgan fingerprint density at radius 1 is 1.28 bits per heavy atom. The first-order chi connectivity index (χ1) is 8.69. The molecule has 102 valence electrons. The van der Waals surface area contributed by atoms with Crippen LogP contribution in [0.1, 0.15) is 50.3 Å². The first-order valence-electron chi connectivity index (χ1n) is 6.81. The second-order valence-electron chi connectivity index (χ2n) is 4.63. The number of hydrogen-bond donors (Lipinski definition) is 1. The molecule has 1 aromatic rings. The van der Waals surface area contributed by atoms with Gasteiger partial charge in [-0.2, -0.15) is 11.8 Å². The van der Waals surface area contributed by atoms with Crippen molar-refractivity contribution in [2.75, 3.05) is 5.75 Å². The zero-order chi connectivity index (χ0) is 13.4. The summed E-state index contributed by atoms with van der Waals surface area (Å²) in [7, 11) is 0. The van der Waals surface area contributed by atoms with E-state index in [1.807, 2.05) is 23.9 Å². The maximum atomic E-state index is 6.25. The summed E-state index contributed by atoms with van der Waals surface area (Å²) in [4.78, 5) is 0. The van der Waals surface area contributed by atoms with E-state index in [-0.39, 0.29) is 6.04 Å². The van der Waals surface area contributed by atoms with Crippen LogP contribution in [-0.4, -0.2) is 11.8 Å². The van der Waals surface area contributed by atoms with Gasteiger partial charge in [0.15, 0.2) is 0 Å². The Morgan fingerprint density at radius 3 is 2.67 bits per heavy atom. The highest BCUT2D eigenvalue weighted by atomic mass is 35.5. The third-order valence-electron chi connectivity index (χ3n) is 3.08. The van der Waals surface area contributed by atoms with Crippen molar-refractivity contribution < 1.29 is 0 Å². The molecule has 1 rings (SSSR count). The molecule has 0 spiro atoms. The quantitative estimate of drug-likeness (QED) is 0.677. The molecule has 0 saturated carbocycles. The van der Waals surface area contributed by atoms with Gasteiger partial charge < -0.3 is 5.73 Å². The summed E-state index contributed by atoms with van der Waals surface area (Å²) in [6.07, 6.45) is 4.84. The van der Waals surface area contributed by atoms with Gasteiger partial charge in [-0.15, -0.1) is 0 Å². The summed E-state index contributed by atoms with van der Waals surface area (Å²) < 4.78 is 0. The van der Waals surface area contributed by atoms with E-state index in [0.717, 1.165) is 11.4 Å². The topological polar surface area (TPSA) is 26.0 Å². The van der Waals surface area contributed by atoms with Crippen molar-refractivity contribution >= 4 is 23.4 Å². The third-order valence-corrected chi connectivity index (χ3v) is 4.82. The molecular weight excluding hydrogens is 262 g/mol. The number of nitrogens with two attached hydrogens (primary N) is 1. The number of unbranched alkanes of at least 4 members (excludes halogenated alkanes) is 2. The van der Waals surface area contributed by atoms with E-state index in [4.69, 9.17) is 17.3 Å². The smallest absolute Gasteiger partial charge is 0.0448 e. The van der Waals surface area contributed by atoms with Gasteiger partial charge >= 0.3 is 0 Å². The average Bonchev–Trinajstić information content (AvgIpc) is 2.38. The average molecular weight is 286 g/mol. The van der Waals surface area contributed by atoms with E-state index in [2.05, 4.69) is 26.0 Å². The van der Waals surface area contributed by atoms with Crippen LogP contribution in [0.15, 0.2) is 24.3 Å². The summed E-state index contributed by atoms with van der Waals surface area (Å²) in [6, 6.07) is 8.32. The Morgan fingerprint density at radius 2 is 2.06 bits per heavy atom. The molecule has 0 aliphatic carbocycles. The van der Waals surface area contributed by atoms with E-state index < -0.39 is 0 Å². The van der Waals surface area contributed by atoms with Crippen LogP contribution in [0, 0.1) is 0 Å². The second kappa shape index (κ2) is 8.84. The first-order valence-corrected chi connectivity index (χ1v) is 8.24. The predicted octanol–water partition coefficient (Wildman–Crippen LogP) is 5.04. The SMILES string of the molecule is CCCCCSC(c1cccc(Cl)c1)C(N)CC. The van der Waals surface area contributed by atoms with E-state index in [0.29, 0.717) is 5.25 Å². The van der Waals surface area contributed by atoms with E-state index >= 15 is 0 Å². The van der Waals surface area contributed by atoms with Crippen molar-refractivity contribution in [2.45, 2.75) is 50.8 Å². The molecule has 0 bridgehead atoms. The van der Waals surface area contributed by atoms with E-state index in [1.54, 1.807) is 0 Å². The number of halogens is 1. The lowest BCUT2D eigenvalue weighted by molar-refractivity contribution is 0.633. The minimum atomic E-state index is 0.204. The Labute approximate surface area is 120 Å². The minimum Gasteiger partial charge on any atom is -0.326 e. The van der Waals surface area contributed by atoms with Crippen molar-refractivity contribution in [2.24, 2.45) is 5.73 Å². The molecule has 3 heteroatoms. The van der Waals surface area contributed by atoms with Gasteiger partial charge in [0, 0.05) is 16.3 Å². The molecule has 18 heavy (non-hydrogen) atoms. The van der Waals surface area contributed by atoms with Gasteiger partial charge in [0.25, 0.3) is 0 Å². The fraction of sp³-hybridized carbons (Fsp3) is 0.600. The molecule has 2 unspecified atom stereocenters. The Balaban J connectivity index is 2.66. The lowest BCUT2D eigenvalue weighted by Crippen LogP contribution is -2.26. The first kappa shape index (κ1) is 15.9. The number of thioether (sulfide) groups is 1. The Bertz CT molecular complexity index is 343. The zero-order valence-electron chi connectivity index (χ0n) is 11.4. The van der Waals surface area contributed by atoms with Crippen molar-refractivity contribution in [3.05, 3.63) is 34.9 Å². The molecule has 2 N–H and O–H groups in total. The number of hydrogen-bond acceptors (Lipinski definition) is 2. The highest BCUT2D eigenvalue weighted by Crippen LogP contribution is 2.34. The van der Waals surface area contributed by atoms with Crippen LogP contribution in [0.3, 0.4) is 0 Å². The molecule has 0 saturated heterocycles. The molecule has 0 aliphatic heterocycles. The normalized spacial score (nSPS) is 14.4. The molecule has 0 radical (unpaired) electrons. The lowest BCUT2D eigenvalue weighted by atomic mass is 10.0.